The topological polar surface area (TPSA) is 51.5 Å². The molecule has 0 amide bonds. The van der Waals surface area contributed by atoms with Crippen LogP contribution in [0.1, 0.15) is 12.5 Å². The molecule has 0 aliphatic rings. The van der Waals surface area contributed by atoms with Gasteiger partial charge in [0.15, 0.2) is 0 Å². The van der Waals surface area contributed by atoms with Crippen molar-refractivity contribution in [3.8, 4) is 11.4 Å². The van der Waals surface area contributed by atoms with Crippen molar-refractivity contribution in [2.75, 3.05) is 6.61 Å². The minimum Gasteiger partial charge on any atom is -0.494 e. The van der Waals surface area contributed by atoms with Crippen LogP contribution in [0.2, 0.25) is 0 Å². The van der Waals surface area contributed by atoms with E-state index >= 15 is 0 Å². The summed E-state index contributed by atoms with van der Waals surface area (Å²) in [5, 5.41) is 10.2. The SMILES string of the molecule is CCOc1ccc(-n2sc3ccccc3c2=O)cc1CO. The number of ether oxygens (including phenoxy) is 1. The first-order valence-corrected chi connectivity index (χ1v) is 7.50. The minimum atomic E-state index is -0.122. The summed E-state index contributed by atoms with van der Waals surface area (Å²) in [6.07, 6.45) is 0. The van der Waals surface area contributed by atoms with E-state index in [4.69, 9.17) is 4.74 Å². The molecule has 0 saturated carbocycles. The lowest BCUT2D eigenvalue weighted by Crippen LogP contribution is -2.11. The smallest absolute Gasteiger partial charge is 0.273 e. The molecule has 0 bridgehead atoms. The van der Waals surface area contributed by atoms with E-state index in [9.17, 15) is 9.90 Å². The summed E-state index contributed by atoms with van der Waals surface area (Å²) < 4.78 is 8.05. The number of aliphatic hydroxyl groups is 1. The van der Waals surface area contributed by atoms with Crippen molar-refractivity contribution in [2.45, 2.75) is 13.5 Å². The number of aromatic nitrogens is 1. The van der Waals surface area contributed by atoms with E-state index in [2.05, 4.69) is 0 Å². The maximum absolute atomic E-state index is 12.4. The van der Waals surface area contributed by atoms with Gasteiger partial charge in [0, 0.05) is 5.56 Å². The number of hydrogen-bond donors (Lipinski definition) is 1. The molecule has 21 heavy (non-hydrogen) atoms. The average Bonchev–Trinajstić information content (AvgIpc) is 2.86. The molecule has 3 aromatic rings. The van der Waals surface area contributed by atoms with Gasteiger partial charge in [0.2, 0.25) is 0 Å². The van der Waals surface area contributed by atoms with Gasteiger partial charge in [-0.25, -0.2) is 3.96 Å². The van der Waals surface area contributed by atoms with Crippen LogP contribution in [0.3, 0.4) is 0 Å². The summed E-state index contributed by atoms with van der Waals surface area (Å²) in [6, 6.07) is 13.0. The van der Waals surface area contributed by atoms with Crippen LogP contribution in [0.5, 0.6) is 5.75 Å². The van der Waals surface area contributed by atoms with Crippen LogP contribution in [-0.2, 0) is 6.61 Å². The molecule has 108 valence electrons. The van der Waals surface area contributed by atoms with E-state index in [1.54, 1.807) is 16.1 Å². The van der Waals surface area contributed by atoms with Crippen molar-refractivity contribution in [1.29, 1.82) is 0 Å². The lowest BCUT2D eigenvalue weighted by molar-refractivity contribution is 0.267. The van der Waals surface area contributed by atoms with Crippen LogP contribution >= 0.6 is 11.5 Å². The highest BCUT2D eigenvalue weighted by molar-refractivity contribution is 7.14. The lowest BCUT2D eigenvalue weighted by atomic mass is 10.2. The van der Waals surface area contributed by atoms with E-state index < -0.39 is 0 Å². The average molecular weight is 301 g/mol. The van der Waals surface area contributed by atoms with Gasteiger partial charge in [-0.1, -0.05) is 23.7 Å². The van der Waals surface area contributed by atoms with E-state index in [1.165, 1.54) is 11.5 Å². The fourth-order valence-corrected chi connectivity index (χ4v) is 3.24. The highest BCUT2D eigenvalue weighted by Crippen LogP contribution is 2.25. The molecule has 2 aromatic carbocycles. The van der Waals surface area contributed by atoms with Gasteiger partial charge in [-0.3, -0.25) is 4.79 Å². The van der Waals surface area contributed by atoms with Crippen molar-refractivity contribution in [3.63, 3.8) is 0 Å². The Morgan fingerprint density at radius 2 is 2.05 bits per heavy atom. The van der Waals surface area contributed by atoms with Crippen LogP contribution in [0.4, 0.5) is 0 Å². The molecule has 0 spiro atoms. The minimum absolute atomic E-state index is 0.0383. The van der Waals surface area contributed by atoms with Gasteiger partial charge in [-0.05, 0) is 37.3 Å². The number of rotatable bonds is 4. The molecule has 3 rings (SSSR count). The Morgan fingerprint density at radius 3 is 2.76 bits per heavy atom. The van der Waals surface area contributed by atoms with Crippen LogP contribution in [-0.4, -0.2) is 15.7 Å². The molecule has 1 aromatic heterocycles. The Labute approximate surface area is 126 Å². The van der Waals surface area contributed by atoms with E-state index in [0.717, 1.165) is 10.4 Å². The quantitative estimate of drug-likeness (QED) is 0.806. The van der Waals surface area contributed by atoms with Gasteiger partial charge < -0.3 is 9.84 Å². The summed E-state index contributed by atoms with van der Waals surface area (Å²) in [6.45, 7) is 2.31. The molecule has 4 nitrogen and oxygen atoms in total. The number of benzene rings is 2. The van der Waals surface area contributed by atoms with Crippen LogP contribution < -0.4 is 10.3 Å². The molecule has 0 radical (unpaired) electrons. The second kappa shape index (κ2) is 5.71. The Bertz CT molecular complexity index is 835. The Hall–Kier alpha value is -2.11. The fourth-order valence-electron chi connectivity index (χ4n) is 2.25. The summed E-state index contributed by atoms with van der Waals surface area (Å²) >= 11 is 1.40. The predicted molar refractivity (Wildman–Crippen MR) is 84.5 cm³/mol. The zero-order valence-corrected chi connectivity index (χ0v) is 12.4. The maximum Gasteiger partial charge on any atom is 0.273 e. The standard InChI is InChI=1S/C16H15NO3S/c1-2-20-14-8-7-12(9-11(14)10-18)17-16(19)13-5-3-4-6-15(13)21-17/h3-9,18H,2,10H2,1H3. The first-order valence-electron chi connectivity index (χ1n) is 6.72. The summed E-state index contributed by atoms with van der Waals surface area (Å²) in [7, 11) is 0. The Morgan fingerprint density at radius 1 is 1.24 bits per heavy atom. The van der Waals surface area contributed by atoms with Gasteiger partial charge in [-0.15, -0.1) is 0 Å². The highest BCUT2D eigenvalue weighted by atomic mass is 32.1. The van der Waals surface area contributed by atoms with Crippen molar-refractivity contribution < 1.29 is 9.84 Å². The molecule has 1 heterocycles. The second-order valence-electron chi connectivity index (χ2n) is 4.57. The largest absolute Gasteiger partial charge is 0.494 e. The third kappa shape index (κ3) is 2.46. The van der Waals surface area contributed by atoms with E-state index in [1.807, 2.05) is 37.3 Å². The predicted octanol–water partition coefficient (Wildman–Crippen LogP) is 2.94. The van der Waals surface area contributed by atoms with Gasteiger partial charge in [-0.2, -0.15) is 0 Å². The Kier molecular flexibility index (Phi) is 3.77. The first-order chi connectivity index (χ1) is 10.2. The maximum atomic E-state index is 12.4. The van der Waals surface area contributed by atoms with Crippen LogP contribution in [0.15, 0.2) is 47.3 Å². The van der Waals surface area contributed by atoms with E-state index in [-0.39, 0.29) is 12.2 Å². The number of hydrogen-bond acceptors (Lipinski definition) is 4. The van der Waals surface area contributed by atoms with Gasteiger partial charge in [0.05, 0.1) is 29.0 Å². The molecule has 0 atom stereocenters. The van der Waals surface area contributed by atoms with Gasteiger partial charge in [0.1, 0.15) is 5.75 Å². The first kappa shape index (κ1) is 13.9. The monoisotopic (exact) mass is 301 g/mol. The second-order valence-corrected chi connectivity index (χ2v) is 5.56. The van der Waals surface area contributed by atoms with Crippen molar-refractivity contribution >= 4 is 21.6 Å². The van der Waals surface area contributed by atoms with Crippen LogP contribution in [0, 0.1) is 0 Å². The summed E-state index contributed by atoms with van der Waals surface area (Å²) in [4.78, 5) is 12.4. The zero-order chi connectivity index (χ0) is 14.8. The third-order valence-electron chi connectivity index (χ3n) is 3.24. The number of aliphatic hydroxyl groups excluding tert-OH is 1. The highest BCUT2D eigenvalue weighted by Gasteiger charge is 2.11. The molecular formula is C16H15NO3S. The zero-order valence-electron chi connectivity index (χ0n) is 11.6. The van der Waals surface area contributed by atoms with Crippen molar-refractivity contribution in [1.82, 2.24) is 3.96 Å². The molecule has 0 saturated heterocycles. The molecule has 0 fully saturated rings. The molecule has 0 aliphatic heterocycles. The molecular weight excluding hydrogens is 286 g/mol. The third-order valence-corrected chi connectivity index (χ3v) is 4.35. The summed E-state index contributed by atoms with van der Waals surface area (Å²) in [5.41, 5.74) is 1.39. The number of nitrogens with zero attached hydrogens (tertiary/aromatic N) is 1. The molecule has 0 unspecified atom stereocenters. The Balaban J connectivity index is 2.14. The normalized spacial score (nSPS) is 11.0. The number of fused-ring (bicyclic) bond motifs is 1. The molecule has 1 N–H and O–H groups in total. The lowest BCUT2D eigenvalue weighted by Gasteiger charge is -2.10. The van der Waals surface area contributed by atoms with Crippen molar-refractivity contribution in [3.05, 3.63) is 58.4 Å². The molecule has 5 heteroatoms. The molecule has 0 aliphatic carbocycles. The van der Waals surface area contributed by atoms with Crippen LogP contribution in [0.25, 0.3) is 15.8 Å². The van der Waals surface area contributed by atoms with Crippen molar-refractivity contribution in [2.24, 2.45) is 0 Å². The summed E-state index contributed by atoms with van der Waals surface area (Å²) in [5.74, 6) is 0.651. The fraction of sp³-hybridized carbons (Fsp3) is 0.188. The van der Waals surface area contributed by atoms with E-state index in [0.29, 0.717) is 23.3 Å². The van der Waals surface area contributed by atoms with Gasteiger partial charge in [0.25, 0.3) is 5.56 Å². The van der Waals surface area contributed by atoms with Gasteiger partial charge >= 0.3 is 0 Å².